The molecule has 0 aliphatic heterocycles. The predicted octanol–water partition coefficient (Wildman–Crippen LogP) is 3.77. The Labute approximate surface area is 96.4 Å². The van der Waals surface area contributed by atoms with Gasteiger partial charge < -0.3 is 0 Å². The van der Waals surface area contributed by atoms with E-state index < -0.39 is 28.0 Å². The van der Waals surface area contributed by atoms with Gasteiger partial charge in [0.25, 0.3) is 0 Å². The Balaban J connectivity index is 3.10. The quantitative estimate of drug-likeness (QED) is 0.747. The molecule has 1 aromatic carbocycles. The third-order valence-corrected chi connectivity index (χ3v) is 3.02. The SMILES string of the molecule is Cc1ccc(S(=O)C(F)=C(F)C(F)(F)F)cc1. The molecule has 0 amide bonds. The molecule has 94 valence electrons. The summed E-state index contributed by atoms with van der Waals surface area (Å²) < 4.78 is 72.2. The van der Waals surface area contributed by atoms with Crippen LogP contribution in [0.5, 0.6) is 0 Å². The van der Waals surface area contributed by atoms with E-state index in [1.165, 1.54) is 24.3 Å². The normalized spacial score (nSPS) is 15.4. The van der Waals surface area contributed by atoms with Crippen molar-refractivity contribution in [3.63, 3.8) is 0 Å². The second-order valence-corrected chi connectivity index (χ2v) is 4.53. The van der Waals surface area contributed by atoms with Gasteiger partial charge in [0.05, 0.1) is 0 Å². The van der Waals surface area contributed by atoms with Gasteiger partial charge >= 0.3 is 6.18 Å². The first-order valence-electron chi connectivity index (χ1n) is 4.34. The van der Waals surface area contributed by atoms with Crippen LogP contribution in [0.4, 0.5) is 22.0 Å². The number of hydrogen-bond donors (Lipinski definition) is 0. The molecule has 1 atom stereocenters. The molecule has 0 spiro atoms. The number of halogens is 5. The van der Waals surface area contributed by atoms with Crippen LogP contribution < -0.4 is 0 Å². The average Bonchev–Trinajstić information content (AvgIpc) is 2.26. The number of rotatable bonds is 2. The van der Waals surface area contributed by atoms with E-state index in [9.17, 15) is 26.2 Å². The van der Waals surface area contributed by atoms with Crippen LogP contribution in [-0.2, 0) is 10.8 Å². The molecule has 0 saturated carbocycles. The fourth-order valence-electron chi connectivity index (χ4n) is 0.958. The van der Waals surface area contributed by atoms with Gasteiger partial charge in [0.15, 0.2) is 0 Å². The highest BCUT2D eigenvalue weighted by Gasteiger charge is 2.40. The minimum absolute atomic E-state index is 0.229. The van der Waals surface area contributed by atoms with Crippen LogP contribution in [0, 0.1) is 6.92 Å². The first-order valence-corrected chi connectivity index (χ1v) is 5.49. The van der Waals surface area contributed by atoms with Gasteiger partial charge in [-0.25, -0.2) is 4.21 Å². The summed E-state index contributed by atoms with van der Waals surface area (Å²) in [7, 11) is -2.80. The van der Waals surface area contributed by atoms with Crippen LogP contribution in [0.3, 0.4) is 0 Å². The zero-order chi connectivity index (χ0) is 13.2. The Morgan fingerprint density at radius 3 is 2.00 bits per heavy atom. The van der Waals surface area contributed by atoms with Crippen molar-refractivity contribution in [2.75, 3.05) is 0 Å². The minimum atomic E-state index is -5.47. The van der Waals surface area contributed by atoms with Crippen molar-refractivity contribution in [3.05, 3.63) is 40.8 Å². The lowest BCUT2D eigenvalue weighted by Crippen LogP contribution is -2.11. The van der Waals surface area contributed by atoms with Crippen molar-refractivity contribution in [1.29, 1.82) is 0 Å². The van der Waals surface area contributed by atoms with E-state index in [1.54, 1.807) is 6.92 Å². The maximum atomic E-state index is 13.0. The molecule has 0 saturated heterocycles. The fraction of sp³-hybridized carbons (Fsp3) is 0.200. The van der Waals surface area contributed by atoms with E-state index in [1.807, 2.05) is 0 Å². The van der Waals surface area contributed by atoms with E-state index in [4.69, 9.17) is 0 Å². The molecule has 0 N–H and O–H groups in total. The van der Waals surface area contributed by atoms with Crippen LogP contribution in [0.2, 0.25) is 0 Å². The molecule has 1 rings (SSSR count). The predicted molar refractivity (Wildman–Crippen MR) is 52.9 cm³/mol. The Morgan fingerprint density at radius 2 is 1.59 bits per heavy atom. The van der Waals surface area contributed by atoms with Crippen LogP contribution in [0.15, 0.2) is 40.1 Å². The second kappa shape index (κ2) is 4.95. The lowest BCUT2D eigenvalue weighted by molar-refractivity contribution is -0.110. The monoisotopic (exact) mass is 270 g/mol. The summed E-state index contributed by atoms with van der Waals surface area (Å²) in [6.07, 6.45) is -5.47. The Kier molecular flexibility index (Phi) is 4.03. The number of benzene rings is 1. The van der Waals surface area contributed by atoms with Crippen molar-refractivity contribution in [3.8, 4) is 0 Å². The highest BCUT2D eigenvalue weighted by molar-refractivity contribution is 7.88. The van der Waals surface area contributed by atoms with Crippen molar-refractivity contribution in [2.45, 2.75) is 18.0 Å². The zero-order valence-corrected chi connectivity index (χ0v) is 9.33. The van der Waals surface area contributed by atoms with E-state index >= 15 is 0 Å². The summed E-state index contributed by atoms with van der Waals surface area (Å²) in [5.74, 6) is -2.96. The van der Waals surface area contributed by atoms with Gasteiger partial charge in [-0.3, -0.25) is 0 Å². The molecule has 1 nitrogen and oxygen atoms in total. The van der Waals surface area contributed by atoms with E-state index in [2.05, 4.69) is 0 Å². The van der Waals surface area contributed by atoms with Gasteiger partial charge in [-0.05, 0) is 19.1 Å². The minimum Gasteiger partial charge on any atom is -0.247 e. The Morgan fingerprint density at radius 1 is 1.12 bits per heavy atom. The van der Waals surface area contributed by atoms with Gasteiger partial charge in [0.1, 0.15) is 10.8 Å². The van der Waals surface area contributed by atoms with Gasteiger partial charge in [0, 0.05) is 4.90 Å². The molecular weight excluding hydrogens is 263 g/mol. The lowest BCUT2D eigenvalue weighted by atomic mass is 10.2. The van der Waals surface area contributed by atoms with Crippen molar-refractivity contribution >= 4 is 10.8 Å². The molecule has 0 bridgehead atoms. The van der Waals surface area contributed by atoms with Gasteiger partial charge in [-0.15, -0.1) is 0 Å². The molecule has 0 aromatic heterocycles. The first kappa shape index (κ1) is 13.8. The first-order chi connectivity index (χ1) is 7.73. The Bertz CT molecular complexity index is 461. The molecule has 1 aromatic rings. The van der Waals surface area contributed by atoms with E-state index in [0.717, 1.165) is 5.56 Å². The molecule has 0 fully saturated rings. The van der Waals surface area contributed by atoms with Gasteiger partial charge in [0.2, 0.25) is 11.0 Å². The number of allylic oxidation sites excluding steroid dienone is 1. The molecule has 1 unspecified atom stereocenters. The number of hydrogen-bond acceptors (Lipinski definition) is 1. The molecular formula is C10H7F5OS. The topological polar surface area (TPSA) is 17.1 Å². The summed E-state index contributed by atoms with van der Waals surface area (Å²) in [5.41, 5.74) is 0.756. The largest absolute Gasteiger partial charge is 0.446 e. The summed E-state index contributed by atoms with van der Waals surface area (Å²) in [6, 6.07) is 5.22. The third kappa shape index (κ3) is 3.36. The summed E-state index contributed by atoms with van der Waals surface area (Å²) >= 11 is 0. The van der Waals surface area contributed by atoms with Crippen molar-refractivity contribution in [2.24, 2.45) is 0 Å². The Hall–Kier alpha value is -1.24. The van der Waals surface area contributed by atoms with Crippen LogP contribution >= 0.6 is 0 Å². The van der Waals surface area contributed by atoms with Gasteiger partial charge in [-0.2, -0.15) is 22.0 Å². The van der Waals surface area contributed by atoms with Crippen molar-refractivity contribution < 1.29 is 26.2 Å². The van der Waals surface area contributed by atoms with E-state index in [0.29, 0.717) is 0 Å². The zero-order valence-electron chi connectivity index (χ0n) is 8.52. The van der Waals surface area contributed by atoms with E-state index in [-0.39, 0.29) is 4.90 Å². The summed E-state index contributed by atoms with van der Waals surface area (Å²) in [5, 5.41) is -2.32. The highest BCUT2D eigenvalue weighted by Crippen LogP contribution is 2.32. The van der Waals surface area contributed by atoms with Crippen LogP contribution in [0.1, 0.15) is 5.56 Å². The van der Waals surface area contributed by atoms with Crippen LogP contribution in [-0.4, -0.2) is 10.4 Å². The summed E-state index contributed by atoms with van der Waals surface area (Å²) in [4.78, 5) is -0.229. The smallest absolute Gasteiger partial charge is 0.247 e. The number of alkyl halides is 3. The molecule has 0 aliphatic carbocycles. The second-order valence-electron chi connectivity index (χ2n) is 3.17. The van der Waals surface area contributed by atoms with Gasteiger partial charge in [-0.1, -0.05) is 17.7 Å². The summed E-state index contributed by atoms with van der Waals surface area (Å²) in [6.45, 7) is 1.69. The maximum Gasteiger partial charge on any atom is 0.446 e. The lowest BCUT2D eigenvalue weighted by Gasteiger charge is -2.05. The third-order valence-electron chi connectivity index (χ3n) is 1.82. The maximum absolute atomic E-state index is 13.0. The molecule has 0 heterocycles. The molecule has 7 heteroatoms. The van der Waals surface area contributed by atoms with Crippen molar-refractivity contribution in [1.82, 2.24) is 0 Å². The van der Waals surface area contributed by atoms with Crippen LogP contribution in [0.25, 0.3) is 0 Å². The molecule has 0 radical (unpaired) electrons. The number of aryl methyl sites for hydroxylation is 1. The standard InChI is InChI=1S/C10H7F5OS/c1-6-2-4-7(5-3-6)17(16)9(12)8(11)10(13,14)15/h2-5H,1H3. The highest BCUT2D eigenvalue weighted by atomic mass is 32.2. The molecule has 17 heavy (non-hydrogen) atoms. The molecule has 0 aliphatic rings. The fourth-order valence-corrected chi connectivity index (χ4v) is 1.83. The average molecular weight is 270 g/mol.